The maximum atomic E-state index is 13.2. The molecule has 0 aromatic heterocycles. The molecule has 0 radical (unpaired) electrons. The summed E-state index contributed by atoms with van der Waals surface area (Å²) in [7, 11) is 0. The lowest BCUT2D eigenvalue weighted by Crippen LogP contribution is -2.40. The first-order valence-electron chi connectivity index (χ1n) is 9.72. The number of anilines is 2. The number of amides is 1. The van der Waals surface area contributed by atoms with E-state index >= 15 is 0 Å². The van der Waals surface area contributed by atoms with Crippen LogP contribution in [0.4, 0.5) is 11.4 Å². The Balaban J connectivity index is 1.59. The maximum Gasteiger partial charge on any atom is 0.266 e. The third-order valence-corrected chi connectivity index (χ3v) is 5.32. The van der Waals surface area contributed by atoms with E-state index in [1.807, 2.05) is 71.7 Å². The van der Waals surface area contributed by atoms with E-state index in [2.05, 4.69) is 30.2 Å². The molecular weight excluding hydrogens is 344 g/mol. The van der Waals surface area contributed by atoms with Crippen molar-refractivity contribution in [1.82, 2.24) is 5.43 Å². The number of fused-ring (bicyclic) bond motifs is 1. The van der Waals surface area contributed by atoms with Crippen molar-refractivity contribution >= 4 is 17.3 Å². The van der Waals surface area contributed by atoms with Gasteiger partial charge in [0.25, 0.3) is 5.91 Å². The molecule has 1 atom stereocenters. The zero-order chi connectivity index (χ0) is 19.3. The van der Waals surface area contributed by atoms with Crippen LogP contribution in [0.25, 0.3) is 0 Å². The van der Waals surface area contributed by atoms with Gasteiger partial charge in [0.2, 0.25) is 0 Å². The smallest absolute Gasteiger partial charge is 0.266 e. The molecule has 3 heteroatoms. The lowest BCUT2D eigenvalue weighted by Gasteiger charge is -2.30. The molecule has 0 heterocycles. The predicted octanol–water partition coefficient (Wildman–Crippen LogP) is 5.53. The van der Waals surface area contributed by atoms with E-state index in [4.69, 9.17) is 0 Å². The second-order valence-electron chi connectivity index (χ2n) is 7.12. The van der Waals surface area contributed by atoms with Crippen molar-refractivity contribution in [2.24, 2.45) is 0 Å². The third-order valence-electron chi connectivity index (χ3n) is 5.32. The van der Waals surface area contributed by atoms with Crippen molar-refractivity contribution in [3.05, 3.63) is 108 Å². The van der Waals surface area contributed by atoms with Gasteiger partial charge in [-0.2, -0.15) is 0 Å². The van der Waals surface area contributed by atoms with Gasteiger partial charge in [0.1, 0.15) is 0 Å². The number of para-hydroxylation sites is 2. The van der Waals surface area contributed by atoms with Crippen LogP contribution in [0.2, 0.25) is 0 Å². The van der Waals surface area contributed by atoms with Gasteiger partial charge in [0, 0.05) is 11.5 Å². The quantitative estimate of drug-likeness (QED) is 0.474. The van der Waals surface area contributed by atoms with E-state index in [1.165, 1.54) is 11.1 Å². The second kappa shape index (κ2) is 8.13. The van der Waals surface area contributed by atoms with Crippen LogP contribution in [0.3, 0.4) is 0 Å². The van der Waals surface area contributed by atoms with Crippen molar-refractivity contribution in [1.29, 1.82) is 0 Å². The molecule has 3 aromatic carbocycles. The monoisotopic (exact) mass is 368 g/mol. The number of carbonyl (C=O) groups excluding carboxylic acids is 1. The molecule has 140 valence electrons. The molecule has 0 aliphatic heterocycles. The van der Waals surface area contributed by atoms with Gasteiger partial charge in [-0.05, 0) is 54.7 Å². The molecule has 1 amide bonds. The highest BCUT2D eigenvalue weighted by molar-refractivity contribution is 5.96. The van der Waals surface area contributed by atoms with E-state index in [9.17, 15) is 4.79 Å². The lowest BCUT2D eigenvalue weighted by molar-refractivity contribution is -0.117. The molecule has 0 saturated carbocycles. The molecule has 1 aliphatic rings. The number of hydrogen-bond donors (Lipinski definition) is 1. The van der Waals surface area contributed by atoms with Gasteiger partial charge >= 0.3 is 0 Å². The van der Waals surface area contributed by atoms with Gasteiger partial charge in [-0.25, -0.2) is 0 Å². The highest BCUT2D eigenvalue weighted by Crippen LogP contribution is 2.36. The second-order valence-corrected chi connectivity index (χ2v) is 7.12. The minimum absolute atomic E-state index is 0.0679. The SMILES string of the molecule is C=C(C(=O)NN(c1ccccc1)c1ccccc1)C1CCCc2ccccc21. The van der Waals surface area contributed by atoms with E-state index in [-0.39, 0.29) is 11.8 Å². The summed E-state index contributed by atoms with van der Waals surface area (Å²) in [6, 6.07) is 28.1. The minimum Gasteiger partial charge on any atom is -0.268 e. The summed E-state index contributed by atoms with van der Waals surface area (Å²) in [6.07, 6.45) is 3.11. The molecule has 0 fully saturated rings. The van der Waals surface area contributed by atoms with Gasteiger partial charge in [0.15, 0.2) is 0 Å². The summed E-state index contributed by atoms with van der Waals surface area (Å²) >= 11 is 0. The van der Waals surface area contributed by atoms with E-state index in [0.29, 0.717) is 5.57 Å². The molecule has 4 rings (SSSR count). The van der Waals surface area contributed by atoms with Crippen LogP contribution in [0.1, 0.15) is 29.9 Å². The van der Waals surface area contributed by atoms with Crippen molar-refractivity contribution in [2.45, 2.75) is 25.2 Å². The van der Waals surface area contributed by atoms with E-state index in [0.717, 1.165) is 30.6 Å². The largest absolute Gasteiger partial charge is 0.268 e. The molecular formula is C25H24N2O. The zero-order valence-corrected chi connectivity index (χ0v) is 15.8. The average Bonchev–Trinajstić information content (AvgIpc) is 2.77. The molecule has 0 bridgehead atoms. The molecule has 1 aliphatic carbocycles. The first-order valence-corrected chi connectivity index (χ1v) is 9.72. The normalized spacial score (nSPS) is 15.4. The number of benzene rings is 3. The Morgan fingerprint density at radius 2 is 1.43 bits per heavy atom. The van der Waals surface area contributed by atoms with Crippen molar-refractivity contribution in [3.8, 4) is 0 Å². The average molecular weight is 368 g/mol. The summed E-state index contributed by atoms with van der Waals surface area (Å²) in [5.41, 5.74) is 8.06. The maximum absolute atomic E-state index is 13.2. The summed E-state index contributed by atoms with van der Waals surface area (Å²) in [5, 5.41) is 1.82. The Morgan fingerprint density at radius 3 is 2.07 bits per heavy atom. The van der Waals surface area contributed by atoms with Crippen LogP contribution >= 0.6 is 0 Å². The van der Waals surface area contributed by atoms with Gasteiger partial charge in [-0.15, -0.1) is 0 Å². The predicted molar refractivity (Wildman–Crippen MR) is 114 cm³/mol. The van der Waals surface area contributed by atoms with Crippen molar-refractivity contribution < 1.29 is 4.79 Å². The minimum atomic E-state index is -0.144. The Labute approximate surface area is 166 Å². The first-order chi connectivity index (χ1) is 13.7. The fourth-order valence-corrected chi connectivity index (χ4v) is 3.88. The fourth-order valence-electron chi connectivity index (χ4n) is 3.88. The standard InChI is InChI=1S/C25H24N2O/c1-19(23-18-10-12-20-11-8-9-17-24(20)23)25(28)26-27(21-13-4-2-5-14-21)22-15-6-3-7-16-22/h2-9,11,13-17,23H,1,10,12,18H2,(H,26,28). The lowest BCUT2D eigenvalue weighted by atomic mass is 9.79. The number of rotatable bonds is 5. The van der Waals surface area contributed by atoms with E-state index < -0.39 is 0 Å². The van der Waals surface area contributed by atoms with Crippen molar-refractivity contribution in [3.63, 3.8) is 0 Å². The summed E-state index contributed by atoms with van der Waals surface area (Å²) in [5.74, 6) is -0.0762. The zero-order valence-electron chi connectivity index (χ0n) is 15.8. The molecule has 1 unspecified atom stereocenters. The number of carbonyl (C=O) groups is 1. The van der Waals surface area contributed by atoms with E-state index in [1.54, 1.807) is 0 Å². The Hall–Kier alpha value is -3.33. The summed E-state index contributed by atoms with van der Waals surface area (Å²) in [6.45, 7) is 4.18. The number of aryl methyl sites for hydroxylation is 1. The van der Waals surface area contributed by atoms with Crippen LogP contribution in [0.15, 0.2) is 97.1 Å². The van der Waals surface area contributed by atoms with Gasteiger partial charge < -0.3 is 0 Å². The third kappa shape index (κ3) is 3.70. The van der Waals surface area contributed by atoms with Crippen LogP contribution in [-0.4, -0.2) is 5.91 Å². The highest BCUT2D eigenvalue weighted by Gasteiger charge is 2.27. The summed E-state index contributed by atoms with van der Waals surface area (Å²) < 4.78 is 0. The highest BCUT2D eigenvalue weighted by atomic mass is 16.2. The Kier molecular flexibility index (Phi) is 5.24. The number of hydrogen-bond acceptors (Lipinski definition) is 2. The van der Waals surface area contributed by atoms with Crippen molar-refractivity contribution in [2.75, 3.05) is 5.01 Å². The van der Waals surface area contributed by atoms with Crippen LogP contribution in [-0.2, 0) is 11.2 Å². The van der Waals surface area contributed by atoms with Crippen LogP contribution in [0.5, 0.6) is 0 Å². The molecule has 0 saturated heterocycles. The molecule has 28 heavy (non-hydrogen) atoms. The molecule has 3 nitrogen and oxygen atoms in total. The number of hydrazine groups is 1. The number of nitrogens with zero attached hydrogens (tertiary/aromatic N) is 1. The van der Waals surface area contributed by atoms with Gasteiger partial charge in [-0.3, -0.25) is 15.2 Å². The Bertz CT molecular complexity index is 927. The topological polar surface area (TPSA) is 32.3 Å². The fraction of sp³-hybridized carbons (Fsp3) is 0.160. The molecule has 1 N–H and O–H groups in total. The molecule has 0 spiro atoms. The first kappa shape index (κ1) is 18.1. The molecule has 3 aromatic rings. The van der Waals surface area contributed by atoms with Crippen LogP contribution < -0.4 is 10.4 Å². The summed E-state index contributed by atoms with van der Waals surface area (Å²) in [4.78, 5) is 13.2. The van der Waals surface area contributed by atoms with Crippen LogP contribution in [0, 0.1) is 0 Å². The number of nitrogens with one attached hydrogen (secondary N) is 1. The van der Waals surface area contributed by atoms with Gasteiger partial charge in [-0.1, -0.05) is 67.2 Å². The van der Waals surface area contributed by atoms with Gasteiger partial charge in [0.05, 0.1) is 11.4 Å². The Morgan fingerprint density at radius 1 is 0.857 bits per heavy atom.